The van der Waals surface area contributed by atoms with Crippen LogP contribution in [0.5, 0.6) is 0 Å². The highest BCUT2D eigenvalue weighted by atomic mass is 16.3. The average molecular weight is 200 g/mol. The first-order chi connectivity index (χ1) is 6.38. The maximum absolute atomic E-state index is 11.3. The second kappa shape index (κ2) is 4.17. The lowest BCUT2D eigenvalue weighted by Crippen LogP contribution is -2.48. The maximum Gasteiger partial charge on any atom is 0.315 e. The third-order valence-corrected chi connectivity index (χ3v) is 2.13. The fourth-order valence-electron chi connectivity index (χ4n) is 1.23. The van der Waals surface area contributed by atoms with E-state index in [2.05, 4.69) is 10.6 Å². The molecule has 82 valence electrons. The maximum atomic E-state index is 11.3. The molecule has 4 nitrogen and oxygen atoms in total. The van der Waals surface area contributed by atoms with Gasteiger partial charge in [0.25, 0.3) is 0 Å². The van der Waals surface area contributed by atoms with Gasteiger partial charge in [0.05, 0.1) is 6.10 Å². The predicted octanol–water partition coefficient (Wildman–Crippen LogP) is 0.855. The number of aliphatic hydroxyl groups is 1. The zero-order valence-electron chi connectivity index (χ0n) is 9.13. The summed E-state index contributed by atoms with van der Waals surface area (Å²) in [5.41, 5.74) is -0.228. The highest BCUT2D eigenvalue weighted by molar-refractivity contribution is 5.74. The molecule has 14 heavy (non-hydrogen) atoms. The first kappa shape index (κ1) is 11.3. The minimum atomic E-state index is -0.374. The lowest BCUT2D eigenvalue weighted by molar-refractivity contribution is 0.148. The molecule has 3 N–H and O–H groups in total. The van der Waals surface area contributed by atoms with Crippen molar-refractivity contribution >= 4 is 6.03 Å². The number of rotatable bonds is 3. The Morgan fingerprint density at radius 1 is 1.50 bits per heavy atom. The summed E-state index contributed by atoms with van der Waals surface area (Å²) in [4.78, 5) is 11.3. The molecule has 1 atom stereocenters. The van der Waals surface area contributed by atoms with E-state index in [0.29, 0.717) is 12.5 Å². The van der Waals surface area contributed by atoms with Gasteiger partial charge in [-0.15, -0.1) is 0 Å². The highest BCUT2D eigenvalue weighted by Gasteiger charge is 2.29. The molecule has 0 spiro atoms. The van der Waals surface area contributed by atoms with E-state index in [1.807, 2.05) is 20.8 Å². The summed E-state index contributed by atoms with van der Waals surface area (Å²) < 4.78 is 0. The van der Waals surface area contributed by atoms with E-state index in [1.54, 1.807) is 0 Å². The smallest absolute Gasteiger partial charge is 0.315 e. The van der Waals surface area contributed by atoms with Gasteiger partial charge in [-0.1, -0.05) is 0 Å². The molecule has 2 amide bonds. The van der Waals surface area contributed by atoms with E-state index in [0.717, 1.165) is 12.8 Å². The van der Waals surface area contributed by atoms with Crippen molar-refractivity contribution in [3.8, 4) is 0 Å². The van der Waals surface area contributed by atoms with E-state index in [4.69, 9.17) is 0 Å². The molecule has 0 bridgehead atoms. The van der Waals surface area contributed by atoms with Crippen LogP contribution in [-0.2, 0) is 0 Å². The molecule has 0 aromatic carbocycles. The van der Waals surface area contributed by atoms with Crippen LogP contribution in [0.4, 0.5) is 4.79 Å². The highest BCUT2D eigenvalue weighted by Crippen LogP contribution is 2.32. The fraction of sp³-hybridized carbons (Fsp3) is 0.900. The monoisotopic (exact) mass is 200 g/mol. The van der Waals surface area contributed by atoms with Gasteiger partial charge in [0.1, 0.15) is 0 Å². The van der Waals surface area contributed by atoms with E-state index < -0.39 is 0 Å². The molecule has 1 aliphatic rings. The quantitative estimate of drug-likeness (QED) is 0.632. The first-order valence-corrected chi connectivity index (χ1v) is 5.12. The molecular weight excluding hydrogens is 180 g/mol. The predicted molar refractivity (Wildman–Crippen MR) is 55.0 cm³/mol. The van der Waals surface area contributed by atoms with Gasteiger partial charge in [-0.3, -0.25) is 0 Å². The van der Waals surface area contributed by atoms with Crippen LogP contribution in [0.15, 0.2) is 0 Å². The number of hydrogen-bond acceptors (Lipinski definition) is 2. The summed E-state index contributed by atoms with van der Waals surface area (Å²) in [7, 11) is 0. The normalized spacial score (nSPS) is 18.9. The Morgan fingerprint density at radius 2 is 2.07 bits per heavy atom. The van der Waals surface area contributed by atoms with Gasteiger partial charge < -0.3 is 15.7 Å². The molecule has 1 rings (SSSR count). The zero-order valence-corrected chi connectivity index (χ0v) is 9.13. The molecule has 1 fully saturated rings. The Morgan fingerprint density at radius 3 is 2.50 bits per heavy atom. The van der Waals surface area contributed by atoms with Crippen molar-refractivity contribution in [2.24, 2.45) is 5.92 Å². The molecule has 0 aromatic heterocycles. The van der Waals surface area contributed by atoms with E-state index in [-0.39, 0.29) is 17.7 Å². The molecule has 0 aromatic rings. The van der Waals surface area contributed by atoms with Crippen molar-refractivity contribution in [1.29, 1.82) is 0 Å². The number of amides is 2. The van der Waals surface area contributed by atoms with Gasteiger partial charge >= 0.3 is 6.03 Å². The first-order valence-electron chi connectivity index (χ1n) is 5.12. The lowest BCUT2D eigenvalue weighted by atomic mass is 10.1. The average Bonchev–Trinajstić information content (AvgIpc) is 2.78. The van der Waals surface area contributed by atoms with Crippen LogP contribution in [-0.4, -0.2) is 29.3 Å². The Bertz CT molecular complexity index is 207. The van der Waals surface area contributed by atoms with Gasteiger partial charge in [0, 0.05) is 12.1 Å². The van der Waals surface area contributed by atoms with Gasteiger partial charge in [-0.05, 0) is 39.5 Å². The van der Waals surface area contributed by atoms with Gasteiger partial charge in [0.15, 0.2) is 0 Å². The topological polar surface area (TPSA) is 61.4 Å². The van der Waals surface area contributed by atoms with Crippen LogP contribution < -0.4 is 10.6 Å². The van der Waals surface area contributed by atoms with Crippen LogP contribution in [0.3, 0.4) is 0 Å². The second-order valence-electron chi connectivity index (χ2n) is 4.99. The van der Waals surface area contributed by atoms with Crippen molar-refractivity contribution in [2.75, 3.05) is 6.54 Å². The summed E-state index contributed by atoms with van der Waals surface area (Å²) >= 11 is 0. The Kier molecular flexibility index (Phi) is 3.37. The Balaban J connectivity index is 2.14. The lowest BCUT2D eigenvalue weighted by Gasteiger charge is -2.21. The van der Waals surface area contributed by atoms with Crippen molar-refractivity contribution in [1.82, 2.24) is 10.6 Å². The molecule has 4 heteroatoms. The van der Waals surface area contributed by atoms with Crippen molar-refractivity contribution in [3.05, 3.63) is 0 Å². The van der Waals surface area contributed by atoms with Gasteiger partial charge in [0.2, 0.25) is 0 Å². The summed E-state index contributed by atoms with van der Waals surface area (Å²) in [6.07, 6.45) is 1.80. The number of hydrogen-bond donors (Lipinski definition) is 3. The van der Waals surface area contributed by atoms with Gasteiger partial charge in [-0.2, -0.15) is 0 Å². The summed E-state index contributed by atoms with van der Waals surface area (Å²) in [5, 5.41) is 14.9. The van der Waals surface area contributed by atoms with Crippen molar-refractivity contribution in [3.63, 3.8) is 0 Å². The third-order valence-electron chi connectivity index (χ3n) is 2.13. The van der Waals surface area contributed by atoms with Crippen molar-refractivity contribution < 1.29 is 9.90 Å². The van der Waals surface area contributed by atoms with E-state index >= 15 is 0 Å². The second-order valence-corrected chi connectivity index (χ2v) is 4.99. The number of carbonyl (C=O) groups is 1. The van der Waals surface area contributed by atoms with E-state index in [9.17, 15) is 9.90 Å². The standard InChI is InChI=1S/C10H20N2O2/c1-10(2,3)12-9(14)11-6-8(13)7-4-5-7/h7-8,13H,4-6H2,1-3H3,(H2,11,12,14). The van der Waals surface area contributed by atoms with E-state index in [1.165, 1.54) is 0 Å². The largest absolute Gasteiger partial charge is 0.391 e. The van der Waals surface area contributed by atoms with Crippen LogP contribution >= 0.6 is 0 Å². The van der Waals surface area contributed by atoms with Crippen molar-refractivity contribution in [2.45, 2.75) is 45.3 Å². The minimum absolute atomic E-state index is 0.211. The SMILES string of the molecule is CC(C)(C)NC(=O)NCC(O)C1CC1. The third kappa shape index (κ3) is 4.46. The molecule has 1 aliphatic carbocycles. The number of nitrogens with one attached hydrogen (secondary N) is 2. The zero-order chi connectivity index (χ0) is 10.8. The molecular formula is C10H20N2O2. The molecule has 0 heterocycles. The molecule has 1 unspecified atom stereocenters. The number of carbonyl (C=O) groups excluding carboxylic acids is 1. The fourth-order valence-corrected chi connectivity index (χ4v) is 1.23. The Hall–Kier alpha value is -0.770. The molecule has 0 aliphatic heterocycles. The van der Waals surface area contributed by atoms with Crippen LogP contribution in [0, 0.1) is 5.92 Å². The number of urea groups is 1. The molecule has 0 saturated heterocycles. The number of aliphatic hydroxyl groups excluding tert-OH is 1. The van der Waals surface area contributed by atoms with Gasteiger partial charge in [-0.25, -0.2) is 4.79 Å². The Labute approximate surface area is 85.1 Å². The molecule has 1 saturated carbocycles. The summed E-state index contributed by atoms with van der Waals surface area (Å²) in [6.45, 7) is 6.12. The summed E-state index contributed by atoms with van der Waals surface area (Å²) in [6, 6.07) is -0.211. The summed E-state index contributed by atoms with van der Waals surface area (Å²) in [5.74, 6) is 0.407. The van der Waals surface area contributed by atoms with Crippen LogP contribution in [0.2, 0.25) is 0 Å². The van der Waals surface area contributed by atoms with Crippen LogP contribution in [0.25, 0.3) is 0 Å². The van der Waals surface area contributed by atoms with Crippen LogP contribution in [0.1, 0.15) is 33.6 Å². The minimum Gasteiger partial charge on any atom is -0.391 e. The molecule has 0 radical (unpaired) electrons.